The van der Waals surface area contributed by atoms with Gasteiger partial charge in [0.25, 0.3) is 0 Å². The van der Waals surface area contributed by atoms with Crippen LogP contribution in [0, 0.1) is 19.3 Å². The predicted molar refractivity (Wildman–Crippen MR) is 75.8 cm³/mol. The highest BCUT2D eigenvalue weighted by atomic mass is 35.5. The van der Waals surface area contributed by atoms with Crippen LogP contribution in [0.4, 0.5) is 13.2 Å². The summed E-state index contributed by atoms with van der Waals surface area (Å²) in [6.45, 7) is 3.78. The Morgan fingerprint density at radius 3 is 2.32 bits per heavy atom. The van der Waals surface area contributed by atoms with Gasteiger partial charge in [0.1, 0.15) is 0 Å². The van der Waals surface area contributed by atoms with E-state index in [4.69, 9.17) is 11.6 Å². The summed E-state index contributed by atoms with van der Waals surface area (Å²) < 4.78 is 39.1. The van der Waals surface area contributed by atoms with Crippen LogP contribution in [-0.2, 0) is 5.41 Å². The first-order valence-electron chi connectivity index (χ1n) is 7.05. The Bertz CT molecular complexity index is 796. The monoisotopic (exact) mass is 327 g/mol. The lowest BCUT2D eigenvalue weighted by atomic mass is 9.33. The topological polar surface area (TPSA) is 38.7 Å². The Morgan fingerprint density at radius 2 is 1.73 bits per heavy atom. The third-order valence-corrected chi connectivity index (χ3v) is 5.41. The van der Waals surface area contributed by atoms with E-state index in [0.29, 0.717) is 11.3 Å². The van der Waals surface area contributed by atoms with Crippen LogP contribution < -0.4 is 0 Å². The molecule has 2 aromatic rings. The molecule has 2 heterocycles. The zero-order valence-electron chi connectivity index (χ0n) is 12.1. The van der Waals surface area contributed by atoms with Crippen molar-refractivity contribution < 1.29 is 13.2 Å². The highest BCUT2D eigenvalue weighted by molar-refractivity contribution is 6.28. The normalized spacial score (nSPS) is 30.1. The van der Waals surface area contributed by atoms with Gasteiger partial charge in [-0.15, -0.1) is 0 Å². The fraction of sp³-hybridized carbons (Fsp3) is 0.533. The van der Waals surface area contributed by atoms with Gasteiger partial charge in [0.2, 0.25) is 5.28 Å². The minimum atomic E-state index is -4.13. The molecule has 22 heavy (non-hydrogen) atoms. The van der Waals surface area contributed by atoms with Crippen LogP contribution in [0.1, 0.15) is 36.2 Å². The molecule has 0 aromatic carbocycles. The maximum atomic E-state index is 13.0. The van der Waals surface area contributed by atoms with Crippen LogP contribution in [0.2, 0.25) is 5.28 Å². The van der Waals surface area contributed by atoms with E-state index < -0.39 is 17.0 Å². The molecule has 0 atom stereocenters. The standard InChI is InChI=1S/C15H13ClF3N3/c1-7-3-9-10(21-12(16)22-11(9)20-8(7)2)13-4-14(5-13,6-13)15(17,18)19/h3H,4-6H2,1-2H3. The molecule has 0 aliphatic heterocycles. The second-order valence-electron chi connectivity index (χ2n) is 6.69. The lowest BCUT2D eigenvalue weighted by Crippen LogP contribution is -2.70. The Hall–Kier alpha value is -1.43. The Kier molecular flexibility index (Phi) is 2.52. The molecule has 3 fully saturated rings. The number of hydrogen-bond donors (Lipinski definition) is 0. The van der Waals surface area contributed by atoms with Gasteiger partial charge in [-0.2, -0.15) is 18.2 Å². The van der Waals surface area contributed by atoms with Crippen molar-refractivity contribution >= 4 is 22.6 Å². The van der Waals surface area contributed by atoms with Gasteiger partial charge in [-0.3, -0.25) is 0 Å². The summed E-state index contributed by atoms with van der Waals surface area (Å²) in [7, 11) is 0. The third kappa shape index (κ3) is 1.62. The van der Waals surface area contributed by atoms with E-state index in [9.17, 15) is 13.2 Å². The summed E-state index contributed by atoms with van der Waals surface area (Å²) in [5.41, 5.74) is 0.871. The van der Waals surface area contributed by atoms with Crippen LogP contribution in [0.3, 0.4) is 0 Å². The minimum absolute atomic E-state index is 0.0454. The number of pyridine rings is 1. The number of halogens is 4. The molecule has 0 radical (unpaired) electrons. The largest absolute Gasteiger partial charge is 0.394 e. The van der Waals surface area contributed by atoms with Crippen molar-refractivity contribution in [2.24, 2.45) is 5.41 Å². The number of alkyl halides is 3. The van der Waals surface area contributed by atoms with Gasteiger partial charge < -0.3 is 0 Å². The second kappa shape index (κ2) is 3.91. The Balaban J connectivity index is 1.83. The molecule has 3 saturated carbocycles. The number of hydrogen-bond acceptors (Lipinski definition) is 3. The first kappa shape index (κ1) is 14.2. The highest BCUT2D eigenvalue weighted by Gasteiger charge is 2.79. The molecule has 0 amide bonds. The number of aromatic nitrogens is 3. The van der Waals surface area contributed by atoms with Crippen LogP contribution in [-0.4, -0.2) is 21.1 Å². The van der Waals surface area contributed by atoms with Gasteiger partial charge in [-0.05, 0) is 56.3 Å². The van der Waals surface area contributed by atoms with E-state index >= 15 is 0 Å². The minimum Gasteiger partial charge on any atom is -0.233 e. The summed E-state index contributed by atoms with van der Waals surface area (Å²) in [5, 5.41) is 0.770. The smallest absolute Gasteiger partial charge is 0.233 e. The maximum absolute atomic E-state index is 13.0. The second-order valence-corrected chi connectivity index (χ2v) is 7.03. The Morgan fingerprint density at radius 1 is 1.09 bits per heavy atom. The van der Waals surface area contributed by atoms with Gasteiger partial charge in [-0.25, -0.2) is 9.97 Å². The molecule has 3 aliphatic carbocycles. The predicted octanol–water partition coefficient (Wildman–Crippen LogP) is 4.28. The lowest BCUT2D eigenvalue weighted by Gasteiger charge is -2.70. The SMILES string of the molecule is Cc1cc2c(C34CC(C(F)(F)F)(C3)C4)nc(Cl)nc2nc1C. The maximum Gasteiger partial charge on any atom is 0.394 e. The van der Waals surface area contributed by atoms with E-state index in [1.807, 2.05) is 19.9 Å². The Labute approximate surface area is 129 Å². The van der Waals surface area contributed by atoms with Crippen LogP contribution in [0.5, 0.6) is 0 Å². The molecule has 0 unspecified atom stereocenters. The van der Waals surface area contributed by atoms with Crippen molar-refractivity contribution in [3.8, 4) is 0 Å². The average Bonchev–Trinajstić information content (AvgIpc) is 2.26. The molecule has 5 rings (SSSR count). The lowest BCUT2D eigenvalue weighted by molar-refractivity contribution is -0.337. The summed E-state index contributed by atoms with van der Waals surface area (Å²) >= 11 is 5.96. The van der Waals surface area contributed by atoms with Crippen LogP contribution in [0.15, 0.2) is 6.07 Å². The van der Waals surface area contributed by atoms with E-state index in [-0.39, 0.29) is 24.5 Å². The average molecular weight is 328 g/mol. The number of fused-ring (bicyclic) bond motifs is 1. The van der Waals surface area contributed by atoms with E-state index in [0.717, 1.165) is 16.6 Å². The van der Waals surface area contributed by atoms with Gasteiger partial charge in [0.15, 0.2) is 5.65 Å². The van der Waals surface area contributed by atoms with Gasteiger partial charge in [0, 0.05) is 16.5 Å². The summed E-state index contributed by atoms with van der Waals surface area (Å²) in [4.78, 5) is 12.8. The summed E-state index contributed by atoms with van der Waals surface area (Å²) in [6, 6.07) is 1.91. The van der Waals surface area contributed by atoms with E-state index in [1.54, 1.807) is 0 Å². The molecular formula is C15H13ClF3N3. The van der Waals surface area contributed by atoms with Crippen molar-refractivity contribution in [3.05, 3.63) is 28.3 Å². The first-order valence-corrected chi connectivity index (χ1v) is 7.42. The van der Waals surface area contributed by atoms with E-state index in [1.165, 1.54) is 0 Å². The van der Waals surface area contributed by atoms with Crippen molar-refractivity contribution in [2.75, 3.05) is 0 Å². The fourth-order valence-electron chi connectivity index (χ4n) is 3.96. The molecule has 2 bridgehead atoms. The highest BCUT2D eigenvalue weighted by Crippen LogP contribution is 2.78. The zero-order valence-corrected chi connectivity index (χ0v) is 12.8. The summed E-state index contributed by atoms with van der Waals surface area (Å²) in [6.07, 6.45) is -3.84. The fourth-order valence-corrected chi connectivity index (χ4v) is 4.13. The van der Waals surface area contributed by atoms with Crippen LogP contribution >= 0.6 is 11.6 Å². The molecule has 2 aromatic heterocycles. The van der Waals surface area contributed by atoms with Gasteiger partial charge in [0.05, 0.1) is 11.1 Å². The third-order valence-electron chi connectivity index (χ3n) is 5.24. The number of nitrogens with zero attached hydrogens (tertiary/aromatic N) is 3. The van der Waals surface area contributed by atoms with Crippen LogP contribution in [0.25, 0.3) is 11.0 Å². The summed E-state index contributed by atoms with van der Waals surface area (Å²) in [5.74, 6) is 0. The molecule has 116 valence electrons. The molecular weight excluding hydrogens is 315 g/mol. The number of aryl methyl sites for hydroxylation is 2. The van der Waals surface area contributed by atoms with Crippen molar-refractivity contribution in [3.63, 3.8) is 0 Å². The van der Waals surface area contributed by atoms with Gasteiger partial charge in [-0.1, -0.05) is 0 Å². The quantitative estimate of drug-likeness (QED) is 0.734. The first-order chi connectivity index (χ1) is 10.2. The van der Waals surface area contributed by atoms with Crippen molar-refractivity contribution in [1.82, 2.24) is 15.0 Å². The van der Waals surface area contributed by atoms with Gasteiger partial charge >= 0.3 is 6.18 Å². The molecule has 3 nitrogen and oxygen atoms in total. The molecule has 0 spiro atoms. The molecule has 0 saturated heterocycles. The number of rotatable bonds is 1. The molecule has 3 aliphatic rings. The van der Waals surface area contributed by atoms with E-state index in [2.05, 4.69) is 15.0 Å². The molecule has 7 heteroatoms. The molecule has 0 N–H and O–H groups in total. The zero-order chi connectivity index (χ0) is 15.9. The van der Waals surface area contributed by atoms with Crippen molar-refractivity contribution in [2.45, 2.75) is 44.7 Å². The van der Waals surface area contributed by atoms with Crippen molar-refractivity contribution in [1.29, 1.82) is 0 Å².